The van der Waals surface area contributed by atoms with E-state index in [0.29, 0.717) is 26.4 Å². The van der Waals surface area contributed by atoms with Gasteiger partial charge in [-0.05, 0) is 25.7 Å². The lowest BCUT2D eigenvalue weighted by Crippen LogP contribution is -2.24. The molecule has 0 radical (unpaired) electrons. The van der Waals surface area contributed by atoms with Gasteiger partial charge in [0, 0.05) is 13.2 Å². The summed E-state index contributed by atoms with van der Waals surface area (Å²) in [6, 6.07) is 0. The van der Waals surface area contributed by atoms with Crippen molar-refractivity contribution in [3.8, 4) is 0 Å². The zero-order valence-electron chi connectivity index (χ0n) is 16.6. The maximum Gasteiger partial charge on any atom is 0.157 e. The average Bonchev–Trinajstić information content (AvgIpc) is 2.65. The third-order valence-electron chi connectivity index (χ3n) is 4.68. The zero-order valence-corrected chi connectivity index (χ0v) is 16.6. The van der Waals surface area contributed by atoms with E-state index < -0.39 is 0 Å². The molecule has 0 saturated carbocycles. The molecular formula is C21H42O4. The maximum atomic E-state index is 5.61. The molecular weight excluding hydrogens is 316 g/mol. The van der Waals surface area contributed by atoms with Gasteiger partial charge in [-0.3, -0.25) is 0 Å². The van der Waals surface area contributed by atoms with Gasteiger partial charge in [0.1, 0.15) is 0 Å². The van der Waals surface area contributed by atoms with Crippen LogP contribution in [0.3, 0.4) is 0 Å². The van der Waals surface area contributed by atoms with E-state index in [1.54, 1.807) is 0 Å². The Kier molecular flexibility index (Phi) is 17.0. The molecule has 0 spiro atoms. The van der Waals surface area contributed by atoms with E-state index >= 15 is 0 Å². The average molecular weight is 359 g/mol. The van der Waals surface area contributed by atoms with Gasteiger partial charge in [0.05, 0.1) is 26.4 Å². The van der Waals surface area contributed by atoms with Crippen LogP contribution in [0.1, 0.15) is 90.4 Å². The lowest BCUT2D eigenvalue weighted by Gasteiger charge is -2.22. The lowest BCUT2D eigenvalue weighted by molar-refractivity contribution is -0.169. The summed E-state index contributed by atoms with van der Waals surface area (Å²) < 4.78 is 22.2. The van der Waals surface area contributed by atoms with Gasteiger partial charge < -0.3 is 18.9 Å². The fourth-order valence-corrected chi connectivity index (χ4v) is 3.09. The summed E-state index contributed by atoms with van der Waals surface area (Å²) in [5.41, 5.74) is 0. The maximum absolute atomic E-state index is 5.61. The molecule has 1 rings (SSSR count). The van der Waals surface area contributed by atoms with Gasteiger partial charge in [-0.25, -0.2) is 0 Å². The molecule has 0 bridgehead atoms. The number of rotatable bonds is 18. The molecule has 1 saturated heterocycles. The molecule has 1 aliphatic heterocycles. The van der Waals surface area contributed by atoms with E-state index in [9.17, 15) is 0 Å². The highest BCUT2D eigenvalue weighted by molar-refractivity contribution is 4.53. The molecule has 150 valence electrons. The largest absolute Gasteiger partial charge is 0.379 e. The van der Waals surface area contributed by atoms with Gasteiger partial charge in [-0.2, -0.15) is 0 Å². The second-order valence-electron chi connectivity index (χ2n) is 7.07. The van der Waals surface area contributed by atoms with Crippen LogP contribution in [0, 0.1) is 0 Å². The van der Waals surface area contributed by atoms with Crippen molar-refractivity contribution in [3.63, 3.8) is 0 Å². The third kappa shape index (κ3) is 15.8. The number of hydrogen-bond acceptors (Lipinski definition) is 4. The lowest BCUT2D eigenvalue weighted by atomic mass is 10.1. The van der Waals surface area contributed by atoms with E-state index in [0.717, 1.165) is 26.1 Å². The molecule has 1 aliphatic rings. The molecule has 0 aromatic carbocycles. The van der Waals surface area contributed by atoms with Gasteiger partial charge in [0.25, 0.3) is 0 Å². The number of unbranched alkanes of at least 4 members (excludes halogenated alkanes) is 9. The fourth-order valence-electron chi connectivity index (χ4n) is 3.09. The van der Waals surface area contributed by atoms with Crippen molar-refractivity contribution < 1.29 is 18.9 Å². The minimum atomic E-state index is -0.00931. The minimum absolute atomic E-state index is 0.00931. The molecule has 0 aromatic heterocycles. The summed E-state index contributed by atoms with van der Waals surface area (Å²) in [6.07, 6.45) is 17.0. The van der Waals surface area contributed by atoms with E-state index in [1.165, 1.54) is 70.6 Å². The van der Waals surface area contributed by atoms with Crippen molar-refractivity contribution >= 4 is 0 Å². The van der Waals surface area contributed by atoms with Crippen molar-refractivity contribution in [2.24, 2.45) is 0 Å². The Morgan fingerprint density at radius 3 is 1.92 bits per heavy atom. The van der Waals surface area contributed by atoms with E-state index in [1.807, 2.05) is 0 Å². The molecule has 4 heteroatoms. The fraction of sp³-hybridized carbons (Fsp3) is 1.00. The Bertz CT molecular complexity index is 254. The van der Waals surface area contributed by atoms with E-state index in [-0.39, 0.29) is 6.29 Å². The first-order valence-corrected chi connectivity index (χ1v) is 10.8. The molecule has 0 amide bonds. The second-order valence-corrected chi connectivity index (χ2v) is 7.07. The summed E-state index contributed by atoms with van der Waals surface area (Å²) in [5, 5.41) is 0. The van der Waals surface area contributed by atoms with Crippen LogP contribution < -0.4 is 0 Å². The van der Waals surface area contributed by atoms with Crippen LogP contribution in [-0.4, -0.2) is 45.9 Å². The molecule has 0 N–H and O–H groups in total. The third-order valence-corrected chi connectivity index (χ3v) is 4.68. The molecule has 1 heterocycles. The highest BCUT2D eigenvalue weighted by Crippen LogP contribution is 2.13. The summed E-state index contributed by atoms with van der Waals surface area (Å²) in [7, 11) is 0. The predicted molar refractivity (Wildman–Crippen MR) is 103 cm³/mol. The summed E-state index contributed by atoms with van der Waals surface area (Å²) in [4.78, 5) is 0. The monoisotopic (exact) mass is 358 g/mol. The zero-order chi connectivity index (χ0) is 17.8. The highest BCUT2D eigenvalue weighted by Gasteiger charge is 2.13. The van der Waals surface area contributed by atoms with Crippen LogP contribution in [0.4, 0.5) is 0 Å². The van der Waals surface area contributed by atoms with Crippen molar-refractivity contribution in [2.45, 2.75) is 96.7 Å². The van der Waals surface area contributed by atoms with Crippen molar-refractivity contribution in [3.05, 3.63) is 0 Å². The second kappa shape index (κ2) is 18.6. The normalized spacial score (nSPS) is 17.9. The minimum Gasteiger partial charge on any atom is -0.379 e. The van der Waals surface area contributed by atoms with Gasteiger partial charge >= 0.3 is 0 Å². The smallest absolute Gasteiger partial charge is 0.157 e. The first kappa shape index (κ1) is 22.9. The van der Waals surface area contributed by atoms with Crippen LogP contribution in [0.5, 0.6) is 0 Å². The first-order valence-electron chi connectivity index (χ1n) is 10.8. The Morgan fingerprint density at radius 1 is 0.680 bits per heavy atom. The van der Waals surface area contributed by atoms with Gasteiger partial charge in [0.15, 0.2) is 6.29 Å². The van der Waals surface area contributed by atoms with Crippen LogP contribution in [0.2, 0.25) is 0 Å². The number of ether oxygens (including phenoxy) is 4. The highest BCUT2D eigenvalue weighted by atomic mass is 16.7. The quantitative estimate of drug-likeness (QED) is 0.304. The Labute approximate surface area is 155 Å². The molecule has 1 atom stereocenters. The Hall–Kier alpha value is -0.160. The molecule has 4 nitrogen and oxygen atoms in total. The van der Waals surface area contributed by atoms with Crippen molar-refractivity contribution in [1.29, 1.82) is 0 Å². The van der Waals surface area contributed by atoms with E-state index in [4.69, 9.17) is 18.9 Å². The first-order chi connectivity index (χ1) is 12.4. The van der Waals surface area contributed by atoms with Crippen molar-refractivity contribution in [1.82, 2.24) is 0 Å². The van der Waals surface area contributed by atoms with Gasteiger partial charge in [-0.1, -0.05) is 64.7 Å². The predicted octanol–water partition coefficient (Wildman–Crippen LogP) is 5.48. The standard InChI is InChI=1S/C21H42O4/c1-2-3-4-5-6-7-8-9-10-12-15-22-17-18-23-19-20-25-21-14-11-13-16-24-21/h21H,2-20H2,1H3. The van der Waals surface area contributed by atoms with Crippen LogP contribution in [0.25, 0.3) is 0 Å². The summed E-state index contributed by atoms with van der Waals surface area (Å²) >= 11 is 0. The number of hydrogen-bond donors (Lipinski definition) is 0. The van der Waals surface area contributed by atoms with Gasteiger partial charge in [0.2, 0.25) is 0 Å². The topological polar surface area (TPSA) is 36.9 Å². The van der Waals surface area contributed by atoms with E-state index in [2.05, 4.69) is 6.92 Å². The SMILES string of the molecule is CCCCCCCCCCCCOCCOCCOC1CCCCO1. The molecule has 0 aromatic rings. The summed E-state index contributed by atoms with van der Waals surface area (Å²) in [6.45, 7) is 6.56. The molecule has 1 unspecified atom stereocenters. The van der Waals surface area contributed by atoms with Crippen LogP contribution in [0.15, 0.2) is 0 Å². The van der Waals surface area contributed by atoms with Crippen molar-refractivity contribution in [2.75, 3.05) is 39.6 Å². The Morgan fingerprint density at radius 2 is 1.28 bits per heavy atom. The van der Waals surface area contributed by atoms with Gasteiger partial charge in [-0.15, -0.1) is 0 Å². The molecule has 0 aliphatic carbocycles. The van der Waals surface area contributed by atoms with Crippen LogP contribution in [-0.2, 0) is 18.9 Å². The molecule has 25 heavy (non-hydrogen) atoms. The molecule has 1 fully saturated rings. The van der Waals surface area contributed by atoms with Crippen LogP contribution >= 0.6 is 0 Å². The Balaban J connectivity index is 1.65. The summed E-state index contributed by atoms with van der Waals surface area (Å²) in [5.74, 6) is 0.